The first-order valence-electron chi connectivity index (χ1n) is 10.9. The van der Waals surface area contributed by atoms with Crippen molar-refractivity contribution < 1.29 is 23.7 Å². The number of alkyl halides is 2. The summed E-state index contributed by atoms with van der Waals surface area (Å²) >= 11 is 0. The van der Waals surface area contributed by atoms with Gasteiger partial charge in [0.1, 0.15) is 23.1 Å². The molecule has 4 aromatic rings. The number of halogens is 2. The minimum absolute atomic E-state index is 0.174. The third-order valence-electron chi connectivity index (χ3n) is 5.28. The summed E-state index contributed by atoms with van der Waals surface area (Å²) in [7, 11) is 0. The van der Waals surface area contributed by atoms with Crippen LogP contribution in [0.4, 0.5) is 8.78 Å². The molecule has 9 nitrogen and oxygen atoms in total. The molecule has 0 spiro atoms. The number of nitrogens with one attached hydrogen (secondary N) is 1. The molecule has 182 valence electrons. The molecule has 1 aliphatic heterocycles. The van der Waals surface area contributed by atoms with Crippen molar-refractivity contribution in [3.05, 3.63) is 48.0 Å². The average Bonchev–Trinajstić information content (AvgIpc) is 3.42. The summed E-state index contributed by atoms with van der Waals surface area (Å²) in [6, 6.07) is 9.09. The smallest absolute Gasteiger partial charge is 0.282 e. The van der Waals surface area contributed by atoms with Gasteiger partial charge < -0.3 is 19.9 Å². The maximum atomic E-state index is 13.9. The number of hydrogen-bond donors (Lipinski definition) is 3. The first kappa shape index (κ1) is 24.3. The fourth-order valence-electron chi connectivity index (χ4n) is 3.72. The largest absolute Gasteiger partial charge is 0.477 e. The molecule has 0 saturated heterocycles. The molecule has 0 saturated carbocycles. The Labute approximate surface area is 199 Å². The van der Waals surface area contributed by atoms with Crippen molar-refractivity contribution in [3.8, 4) is 34.3 Å². The van der Waals surface area contributed by atoms with Crippen LogP contribution < -0.4 is 4.74 Å². The minimum atomic E-state index is -2.79. The van der Waals surface area contributed by atoms with Crippen molar-refractivity contribution in [1.82, 2.24) is 24.7 Å². The summed E-state index contributed by atoms with van der Waals surface area (Å²) in [4.78, 5) is 11.6. The summed E-state index contributed by atoms with van der Waals surface area (Å²) in [5, 5.41) is 31.1. The number of aromatic nitrogens is 5. The molecule has 5 rings (SSSR count). The zero-order valence-electron chi connectivity index (χ0n) is 19.2. The molecule has 11 heteroatoms. The van der Waals surface area contributed by atoms with E-state index in [1.165, 1.54) is 10.9 Å². The van der Waals surface area contributed by atoms with Gasteiger partial charge in [-0.2, -0.15) is 10.4 Å². The fourth-order valence-corrected chi connectivity index (χ4v) is 3.72. The van der Waals surface area contributed by atoms with Crippen molar-refractivity contribution in [2.45, 2.75) is 38.8 Å². The molecule has 0 fully saturated rings. The molecule has 0 radical (unpaired) electrons. The van der Waals surface area contributed by atoms with E-state index in [0.29, 0.717) is 53.3 Å². The predicted molar refractivity (Wildman–Crippen MR) is 124 cm³/mol. The van der Waals surface area contributed by atoms with Crippen LogP contribution in [0.2, 0.25) is 0 Å². The summed E-state index contributed by atoms with van der Waals surface area (Å²) < 4.78 is 35.0. The Hall–Kier alpha value is -3.88. The van der Waals surface area contributed by atoms with Crippen molar-refractivity contribution in [2.75, 3.05) is 13.2 Å². The van der Waals surface area contributed by atoms with Gasteiger partial charge in [0.2, 0.25) is 5.88 Å². The fraction of sp³-hybridized carbons (Fsp3) is 0.333. The number of aromatic amines is 1. The Balaban J connectivity index is 0.000000431. The van der Waals surface area contributed by atoms with Gasteiger partial charge in [-0.25, -0.2) is 23.4 Å². The molecule has 1 aliphatic rings. The average molecular weight is 482 g/mol. The molecule has 0 unspecified atom stereocenters. The molecule has 0 atom stereocenters. The lowest BCUT2D eigenvalue weighted by Gasteiger charge is -2.16. The van der Waals surface area contributed by atoms with Crippen molar-refractivity contribution in [3.63, 3.8) is 0 Å². The van der Waals surface area contributed by atoms with Crippen LogP contribution in [0.25, 0.3) is 33.4 Å². The van der Waals surface area contributed by atoms with Crippen LogP contribution in [-0.2, 0) is 6.54 Å². The van der Waals surface area contributed by atoms with Gasteiger partial charge in [0.05, 0.1) is 30.1 Å². The molecule has 35 heavy (non-hydrogen) atoms. The first-order valence-corrected chi connectivity index (χ1v) is 10.9. The van der Waals surface area contributed by atoms with E-state index >= 15 is 0 Å². The van der Waals surface area contributed by atoms with Crippen molar-refractivity contribution >= 4 is 11.0 Å². The Bertz CT molecular complexity index is 1380. The second kappa shape index (κ2) is 9.77. The quantitative estimate of drug-likeness (QED) is 0.403. The predicted octanol–water partition coefficient (Wildman–Crippen LogP) is 3.83. The standard InChI is InChI=1S/C20H14F2N6O.C4H10O2/c21-18(22)17-15(20-28(27-17)8-3-9-29-20)16-14(11-4-1-6-24-13(11)10-23)12-5-2-7-25-19(12)26-16;1-4(2,6)3-5/h1-2,4-7,18H,3,8-9H2,(H,25,26);5-6H,3H2,1-2H3. The first-order chi connectivity index (χ1) is 16.7. The molecule has 5 heterocycles. The number of aliphatic hydroxyl groups is 2. The normalized spacial score (nSPS) is 13.1. The van der Waals surface area contributed by atoms with E-state index in [-0.39, 0.29) is 23.6 Å². The molecule has 3 N–H and O–H groups in total. The molecule has 0 amide bonds. The number of aliphatic hydroxyl groups excluding tert-OH is 1. The number of nitrogens with zero attached hydrogens (tertiary/aromatic N) is 5. The van der Waals surface area contributed by atoms with Gasteiger partial charge in [0.25, 0.3) is 6.43 Å². The monoisotopic (exact) mass is 482 g/mol. The topological polar surface area (TPSA) is 133 Å². The lowest BCUT2D eigenvalue weighted by atomic mass is 9.97. The molecule has 0 aliphatic carbocycles. The zero-order chi connectivity index (χ0) is 25.2. The molecular weight excluding hydrogens is 458 g/mol. The molecule has 0 aromatic carbocycles. The van der Waals surface area contributed by atoms with E-state index in [1.54, 1.807) is 38.2 Å². The second-order valence-electron chi connectivity index (χ2n) is 8.55. The van der Waals surface area contributed by atoms with E-state index in [9.17, 15) is 14.0 Å². The summed E-state index contributed by atoms with van der Waals surface area (Å²) in [5.74, 6) is 0.293. The number of ether oxygens (including phenoxy) is 1. The second-order valence-corrected chi connectivity index (χ2v) is 8.55. The number of nitriles is 1. The van der Waals surface area contributed by atoms with Gasteiger partial charge >= 0.3 is 0 Å². The maximum absolute atomic E-state index is 13.9. The van der Waals surface area contributed by atoms with Crippen LogP contribution in [0.15, 0.2) is 36.7 Å². The van der Waals surface area contributed by atoms with Gasteiger partial charge in [0.15, 0.2) is 0 Å². The van der Waals surface area contributed by atoms with E-state index in [1.807, 2.05) is 6.07 Å². The Morgan fingerprint density at radius 1 is 1.23 bits per heavy atom. The maximum Gasteiger partial charge on any atom is 0.282 e. The van der Waals surface area contributed by atoms with Crippen LogP contribution in [-0.4, -0.2) is 53.8 Å². The molecule has 4 aromatic heterocycles. The Morgan fingerprint density at radius 3 is 2.63 bits per heavy atom. The lowest BCUT2D eigenvalue weighted by Crippen LogP contribution is -2.23. The van der Waals surface area contributed by atoms with Crippen molar-refractivity contribution in [2.24, 2.45) is 0 Å². The zero-order valence-corrected chi connectivity index (χ0v) is 19.2. The van der Waals surface area contributed by atoms with Gasteiger partial charge in [-0.3, -0.25) is 0 Å². The van der Waals surface area contributed by atoms with Crippen molar-refractivity contribution in [1.29, 1.82) is 5.26 Å². The minimum Gasteiger partial charge on any atom is -0.477 e. The van der Waals surface area contributed by atoms with Gasteiger partial charge in [-0.05, 0) is 38.1 Å². The number of fused-ring (bicyclic) bond motifs is 2. The van der Waals surface area contributed by atoms with Gasteiger partial charge in [0, 0.05) is 41.9 Å². The van der Waals surface area contributed by atoms with E-state index in [0.717, 1.165) is 0 Å². The van der Waals surface area contributed by atoms with Crippen LogP contribution >= 0.6 is 0 Å². The van der Waals surface area contributed by atoms with Crippen LogP contribution in [0.3, 0.4) is 0 Å². The summed E-state index contributed by atoms with van der Waals surface area (Å²) in [5.41, 5.74) is 1.13. The number of pyridine rings is 2. The Kier molecular flexibility index (Phi) is 6.77. The summed E-state index contributed by atoms with van der Waals surface area (Å²) in [6.45, 7) is 3.84. The summed E-state index contributed by atoms with van der Waals surface area (Å²) in [6.07, 6.45) is 1.03. The van der Waals surface area contributed by atoms with Gasteiger partial charge in [-0.1, -0.05) is 0 Å². The number of H-pyrrole nitrogens is 1. The third-order valence-corrected chi connectivity index (χ3v) is 5.28. The Morgan fingerprint density at radius 2 is 1.94 bits per heavy atom. The SMILES string of the molecule is CC(C)(O)CO.N#Cc1ncccc1-c1c(-c2c(C(F)F)nn3c2OCCC3)[nH]c2ncccc12. The highest BCUT2D eigenvalue weighted by Gasteiger charge is 2.32. The van der Waals surface area contributed by atoms with Crippen LogP contribution in [0.1, 0.15) is 38.1 Å². The van der Waals surface area contributed by atoms with E-state index in [4.69, 9.17) is 14.9 Å². The highest BCUT2D eigenvalue weighted by molar-refractivity contribution is 6.04. The van der Waals surface area contributed by atoms with E-state index < -0.39 is 12.0 Å². The van der Waals surface area contributed by atoms with E-state index in [2.05, 4.69) is 26.1 Å². The third kappa shape index (κ3) is 4.84. The molecular formula is C24H24F2N6O3. The van der Waals surface area contributed by atoms with Crippen LogP contribution in [0, 0.1) is 11.3 Å². The molecule has 0 bridgehead atoms. The van der Waals surface area contributed by atoms with Gasteiger partial charge in [-0.15, -0.1) is 0 Å². The highest BCUT2D eigenvalue weighted by atomic mass is 19.3. The van der Waals surface area contributed by atoms with Crippen LogP contribution in [0.5, 0.6) is 5.88 Å². The number of aryl methyl sites for hydroxylation is 1. The number of rotatable bonds is 4. The lowest BCUT2D eigenvalue weighted by molar-refractivity contribution is 0.0183. The highest BCUT2D eigenvalue weighted by Crippen LogP contribution is 2.46. The number of hydrogen-bond acceptors (Lipinski definition) is 7.